The molecule has 24 heavy (non-hydrogen) atoms. The van der Waals surface area contributed by atoms with Crippen molar-refractivity contribution in [3.63, 3.8) is 0 Å². The highest BCUT2D eigenvalue weighted by Gasteiger charge is 2.29. The van der Waals surface area contributed by atoms with E-state index in [1.165, 1.54) is 10.9 Å². The summed E-state index contributed by atoms with van der Waals surface area (Å²) in [4.78, 5) is 7.57. The van der Waals surface area contributed by atoms with Crippen molar-refractivity contribution in [2.45, 2.75) is 31.8 Å². The van der Waals surface area contributed by atoms with Gasteiger partial charge in [-0.05, 0) is 49.9 Å². The summed E-state index contributed by atoms with van der Waals surface area (Å²) in [6, 6.07) is 5.92. The van der Waals surface area contributed by atoms with Crippen molar-refractivity contribution in [2.75, 3.05) is 26.7 Å². The molecule has 2 aromatic rings. The van der Waals surface area contributed by atoms with E-state index >= 15 is 0 Å². The second-order valence-corrected chi connectivity index (χ2v) is 6.94. The van der Waals surface area contributed by atoms with Gasteiger partial charge in [0.05, 0.1) is 5.60 Å². The number of H-pyrrole nitrogens is 1. The van der Waals surface area contributed by atoms with Gasteiger partial charge in [0.2, 0.25) is 0 Å². The van der Waals surface area contributed by atoms with E-state index in [0.29, 0.717) is 0 Å². The Hall–Kier alpha value is -1.72. The molecular formula is C18H25ClN4O. The molecule has 2 heterocycles. The van der Waals surface area contributed by atoms with Crippen LogP contribution in [0.2, 0.25) is 5.02 Å². The van der Waals surface area contributed by atoms with E-state index in [1.54, 1.807) is 7.05 Å². The third kappa shape index (κ3) is 4.02. The Labute approximate surface area is 147 Å². The van der Waals surface area contributed by atoms with Gasteiger partial charge in [0.1, 0.15) is 0 Å². The third-order valence-corrected chi connectivity index (χ3v) is 4.81. The zero-order valence-corrected chi connectivity index (χ0v) is 15.0. The largest absolute Gasteiger partial charge is 0.373 e. The molecule has 0 bridgehead atoms. The second kappa shape index (κ2) is 7.45. The molecule has 1 aromatic heterocycles. The number of aromatic amines is 1. The number of halogens is 1. The fourth-order valence-electron chi connectivity index (χ4n) is 3.14. The van der Waals surface area contributed by atoms with Gasteiger partial charge >= 0.3 is 0 Å². The summed E-state index contributed by atoms with van der Waals surface area (Å²) in [5, 5.41) is 8.67. The molecule has 0 spiro atoms. The van der Waals surface area contributed by atoms with Gasteiger partial charge in [-0.3, -0.25) is 4.99 Å². The number of benzene rings is 1. The molecule has 1 unspecified atom stereocenters. The fraction of sp³-hybridized carbons (Fsp3) is 0.500. The fourth-order valence-corrected chi connectivity index (χ4v) is 3.31. The van der Waals surface area contributed by atoms with Crippen LogP contribution in [-0.4, -0.2) is 43.3 Å². The topological polar surface area (TPSA) is 61.4 Å². The molecule has 3 N–H and O–H groups in total. The van der Waals surface area contributed by atoms with Crippen molar-refractivity contribution in [3.05, 3.63) is 35.0 Å². The van der Waals surface area contributed by atoms with Gasteiger partial charge in [0, 0.05) is 48.9 Å². The molecule has 130 valence electrons. The number of guanidine groups is 1. The maximum Gasteiger partial charge on any atom is 0.191 e. The predicted molar refractivity (Wildman–Crippen MR) is 100.0 cm³/mol. The second-order valence-electron chi connectivity index (χ2n) is 6.51. The summed E-state index contributed by atoms with van der Waals surface area (Å²) in [5.41, 5.74) is 2.29. The van der Waals surface area contributed by atoms with Crippen molar-refractivity contribution in [3.8, 4) is 0 Å². The first-order valence-electron chi connectivity index (χ1n) is 8.44. The lowest BCUT2D eigenvalue weighted by Crippen LogP contribution is -2.45. The molecule has 1 atom stereocenters. The SMILES string of the molecule is CN=C(NCCc1c[nH]c2ccc(Cl)cc12)NCC1(C)CCCO1. The quantitative estimate of drug-likeness (QED) is 0.574. The van der Waals surface area contributed by atoms with E-state index in [9.17, 15) is 0 Å². The van der Waals surface area contributed by atoms with Gasteiger partial charge in [-0.1, -0.05) is 11.6 Å². The first-order valence-corrected chi connectivity index (χ1v) is 8.81. The number of nitrogens with one attached hydrogen (secondary N) is 3. The molecule has 1 aromatic carbocycles. The minimum absolute atomic E-state index is 0.0782. The highest BCUT2D eigenvalue weighted by molar-refractivity contribution is 6.31. The Morgan fingerprint density at radius 2 is 2.29 bits per heavy atom. The maximum absolute atomic E-state index is 6.10. The van der Waals surface area contributed by atoms with Gasteiger partial charge < -0.3 is 20.4 Å². The summed E-state index contributed by atoms with van der Waals surface area (Å²) >= 11 is 6.10. The predicted octanol–water partition coefficient (Wildman–Crippen LogP) is 3.10. The average molecular weight is 349 g/mol. The number of nitrogens with zero attached hydrogens (tertiary/aromatic N) is 1. The van der Waals surface area contributed by atoms with Crippen LogP contribution in [0.25, 0.3) is 10.9 Å². The zero-order chi connectivity index (χ0) is 17.0. The van der Waals surface area contributed by atoms with Gasteiger partial charge in [-0.25, -0.2) is 0 Å². The Kier molecular flexibility index (Phi) is 5.31. The molecule has 1 aliphatic rings. The molecule has 1 fully saturated rings. The summed E-state index contributed by atoms with van der Waals surface area (Å²) in [7, 11) is 1.79. The van der Waals surface area contributed by atoms with Crippen LogP contribution in [0.5, 0.6) is 0 Å². The van der Waals surface area contributed by atoms with Gasteiger partial charge in [-0.2, -0.15) is 0 Å². The zero-order valence-electron chi connectivity index (χ0n) is 14.3. The van der Waals surface area contributed by atoms with Crippen molar-refractivity contribution < 1.29 is 4.74 Å². The van der Waals surface area contributed by atoms with E-state index in [2.05, 4.69) is 27.5 Å². The first kappa shape index (κ1) is 17.1. The van der Waals surface area contributed by atoms with E-state index in [0.717, 1.165) is 55.5 Å². The van der Waals surface area contributed by atoms with Crippen molar-refractivity contribution in [1.29, 1.82) is 0 Å². The normalized spacial score (nSPS) is 21.4. The van der Waals surface area contributed by atoms with Gasteiger partial charge in [0.25, 0.3) is 0 Å². The number of aromatic nitrogens is 1. The van der Waals surface area contributed by atoms with Gasteiger partial charge in [0.15, 0.2) is 5.96 Å². The van der Waals surface area contributed by atoms with Crippen LogP contribution in [0, 0.1) is 0 Å². The monoisotopic (exact) mass is 348 g/mol. The van der Waals surface area contributed by atoms with Crippen LogP contribution in [0.15, 0.2) is 29.4 Å². The Morgan fingerprint density at radius 3 is 3.04 bits per heavy atom. The smallest absolute Gasteiger partial charge is 0.191 e. The molecule has 0 amide bonds. The van der Waals surface area contributed by atoms with Crippen molar-refractivity contribution in [1.82, 2.24) is 15.6 Å². The number of rotatable bonds is 5. The Balaban J connectivity index is 1.51. The first-order chi connectivity index (χ1) is 11.6. The molecule has 1 aliphatic heterocycles. The third-order valence-electron chi connectivity index (χ3n) is 4.57. The Bertz CT molecular complexity index is 719. The molecular weight excluding hydrogens is 324 g/mol. The Morgan fingerprint density at radius 1 is 1.42 bits per heavy atom. The molecule has 0 aliphatic carbocycles. The van der Waals surface area contributed by atoms with E-state index in [-0.39, 0.29) is 5.60 Å². The molecule has 6 heteroatoms. The maximum atomic E-state index is 6.10. The molecule has 3 rings (SSSR count). The minimum Gasteiger partial charge on any atom is -0.373 e. The highest BCUT2D eigenvalue weighted by Crippen LogP contribution is 2.24. The molecule has 0 radical (unpaired) electrons. The van der Waals surface area contributed by atoms with Gasteiger partial charge in [-0.15, -0.1) is 0 Å². The standard InChI is InChI=1S/C18H25ClN4O/c1-18(7-3-9-24-18)12-23-17(20-2)21-8-6-13-11-22-16-5-4-14(19)10-15(13)16/h4-5,10-11,22H,3,6-9,12H2,1-2H3,(H2,20,21,23). The average Bonchev–Trinajstić information content (AvgIpc) is 3.17. The summed E-state index contributed by atoms with van der Waals surface area (Å²) in [5.74, 6) is 0.810. The van der Waals surface area contributed by atoms with Crippen LogP contribution in [0.3, 0.4) is 0 Å². The van der Waals surface area contributed by atoms with Crippen LogP contribution in [-0.2, 0) is 11.2 Å². The lowest BCUT2D eigenvalue weighted by atomic mass is 10.0. The van der Waals surface area contributed by atoms with Crippen molar-refractivity contribution in [2.24, 2.45) is 4.99 Å². The van der Waals surface area contributed by atoms with Crippen molar-refractivity contribution >= 4 is 28.5 Å². The lowest BCUT2D eigenvalue weighted by molar-refractivity contribution is 0.0243. The van der Waals surface area contributed by atoms with E-state index < -0.39 is 0 Å². The number of ether oxygens (including phenoxy) is 1. The van der Waals surface area contributed by atoms with Crippen LogP contribution >= 0.6 is 11.6 Å². The lowest BCUT2D eigenvalue weighted by Gasteiger charge is -2.24. The highest BCUT2D eigenvalue weighted by atomic mass is 35.5. The van der Waals surface area contributed by atoms with Crippen LogP contribution < -0.4 is 10.6 Å². The van der Waals surface area contributed by atoms with E-state index in [1.807, 2.05) is 24.4 Å². The number of hydrogen-bond donors (Lipinski definition) is 3. The molecule has 0 saturated carbocycles. The number of fused-ring (bicyclic) bond motifs is 1. The molecule has 5 nitrogen and oxygen atoms in total. The molecule has 1 saturated heterocycles. The number of hydrogen-bond acceptors (Lipinski definition) is 2. The minimum atomic E-state index is -0.0782. The van der Waals surface area contributed by atoms with Crippen LogP contribution in [0.1, 0.15) is 25.3 Å². The summed E-state index contributed by atoms with van der Waals surface area (Å²) < 4.78 is 5.80. The summed E-state index contributed by atoms with van der Waals surface area (Å²) in [6.07, 6.45) is 5.17. The van der Waals surface area contributed by atoms with E-state index in [4.69, 9.17) is 16.3 Å². The summed E-state index contributed by atoms with van der Waals surface area (Å²) in [6.45, 7) is 4.58. The number of aliphatic imine (C=N–C) groups is 1. The van der Waals surface area contributed by atoms with Crippen LogP contribution in [0.4, 0.5) is 0 Å².